The zero-order chi connectivity index (χ0) is 24.2. The second kappa shape index (κ2) is 10.0. The van der Waals surface area contributed by atoms with Crippen molar-refractivity contribution in [3.63, 3.8) is 0 Å². The minimum absolute atomic E-state index is 0.112. The number of amides is 1. The third kappa shape index (κ3) is 4.91. The normalized spacial score (nSPS) is 14.2. The van der Waals surface area contributed by atoms with Gasteiger partial charge < -0.3 is 9.64 Å². The summed E-state index contributed by atoms with van der Waals surface area (Å²) in [5.74, 6) is 3.01. The number of carbonyl (C=O) groups is 1. The second-order valence-electron chi connectivity index (χ2n) is 8.76. The van der Waals surface area contributed by atoms with Crippen molar-refractivity contribution >= 4 is 5.91 Å². The van der Waals surface area contributed by atoms with Crippen LogP contribution in [0.2, 0.25) is 0 Å². The van der Waals surface area contributed by atoms with Crippen molar-refractivity contribution in [3.05, 3.63) is 83.9 Å². The summed E-state index contributed by atoms with van der Waals surface area (Å²) in [4.78, 5) is 28.7. The van der Waals surface area contributed by atoms with E-state index in [1.54, 1.807) is 30.3 Å². The molecule has 0 N–H and O–H groups in total. The minimum atomic E-state index is 0.112. The molecular formula is C27H28N6O2. The Labute approximate surface area is 204 Å². The molecule has 2 aromatic carbocycles. The summed E-state index contributed by atoms with van der Waals surface area (Å²) in [5.41, 5.74) is 3.05. The van der Waals surface area contributed by atoms with E-state index in [0.29, 0.717) is 31.3 Å². The number of nitrogens with zero attached hydrogens (tertiary/aromatic N) is 6. The Hall–Kier alpha value is -4.07. The van der Waals surface area contributed by atoms with Crippen LogP contribution < -0.4 is 4.74 Å². The predicted molar refractivity (Wildman–Crippen MR) is 132 cm³/mol. The van der Waals surface area contributed by atoms with Crippen molar-refractivity contribution in [2.24, 2.45) is 0 Å². The molecule has 5 rings (SSSR count). The number of rotatable bonds is 6. The number of carbonyl (C=O) groups excluding carboxylic acids is 1. The molecule has 1 aliphatic heterocycles. The summed E-state index contributed by atoms with van der Waals surface area (Å²) in [6, 6.07) is 17.6. The summed E-state index contributed by atoms with van der Waals surface area (Å²) in [6.07, 6.45) is 5.35. The first-order valence-electron chi connectivity index (χ1n) is 11.8. The molecule has 0 spiro atoms. The molecule has 4 aromatic rings. The first kappa shape index (κ1) is 22.7. The van der Waals surface area contributed by atoms with Gasteiger partial charge in [-0.25, -0.2) is 15.0 Å². The van der Waals surface area contributed by atoms with Gasteiger partial charge in [0.15, 0.2) is 5.82 Å². The highest BCUT2D eigenvalue weighted by molar-refractivity contribution is 5.79. The summed E-state index contributed by atoms with van der Waals surface area (Å²) in [5, 5.41) is 4.77. The van der Waals surface area contributed by atoms with E-state index in [1.807, 2.05) is 41.3 Å². The van der Waals surface area contributed by atoms with Gasteiger partial charge in [0.2, 0.25) is 5.91 Å². The van der Waals surface area contributed by atoms with E-state index < -0.39 is 0 Å². The number of aryl methyl sites for hydroxylation is 1. The first-order chi connectivity index (χ1) is 17.1. The Morgan fingerprint density at radius 2 is 1.71 bits per heavy atom. The molecule has 0 atom stereocenters. The van der Waals surface area contributed by atoms with Gasteiger partial charge >= 0.3 is 0 Å². The smallest absolute Gasteiger partial charge is 0.252 e. The molecule has 3 heterocycles. The van der Waals surface area contributed by atoms with E-state index in [1.165, 1.54) is 5.56 Å². The fourth-order valence-electron chi connectivity index (χ4n) is 4.47. The highest BCUT2D eigenvalue weighted by Gasteiger charge is 2.29. The molecule has 178 valence electrons. The SMILES string of the molecule is COc1ccccc1CC(=O)N1CCC(c2nc(-c3ccc(C)cc3)nn2-c2ncccn2)CC1. The Morgan fingerprint density at radius 3 is 2.43 bits per heavy atom. The van der Waals surface area contributed by atoms with Crippen LogP contribution in [0.15, 0.2) is 67.0 Å². The molecule has 1 saturated heterocycles. The van der Waals surface area contributed by atoms with Crippen LogP contribution in [-0.2, 0) is 11.2 Å². The number of hydrogen-bond donors (Lipinski definition) is 0. The van der Waals surface area contributed by atoms with Crippen LogP contribution in [0.1, 0.15) is 35.7 Å². The number of ether oxygens (including phenoxy) is 1. The maximum atomic E-state index is 13.0. The van der Waals surface area contributed by atoms with Crippen LogP contribution in [0.5, 0.6) is 5.75 Å². The molecule has 8 heteroatoms. The minimum Gasteiger partial charge on any atom is -0.496 e. The molecule has 0 radical (unpaired) electrons. The van der Waals surface area contributed by atoms with Gasteiger partial charge in [0.1, 0.15) is 11.6 Å². The Kier molecular flexibility index (Phi) is 6.52. The predicted octanol–water partition coefficient (Wildman–Crippen LogP) is 3.99. The van der Waals surface area contributed by atoms with Crippen molar-refractivity contribution < 1.29 is 9.53 Å². The molecule has 1 amide bonds. The van der Waals surface area contributed by atoms with E-state index >= 15 is 0 Å². The molecular weight excluding hydrogens is 440 g/mol. The van der Waals surface area contributed by atoms with E-state index in [2.05, 4.69) is 29.0 Å². The fourth-order valence-corrected chi connectivity index (χ4v) is 4.47. The fraction of sp³-hybridized carbons (Fsp3) is 0.296. The van der Waals surface area contributed by atoms with Crippen molar-refractivity contribution in [1.82, 2.24) is 29.6 Å². The van der Waals surface area contributed by atoms with Gasteiger partial charge in [-0.2, -0.15) is 4.68 Å². The van der Waals surface area contributed by atoms with Gasteiger partial charge in [0.05, 0.1) is 13.5 Å². The van der Waals surface area contributed by atoms with Crippen LogP contribution in [0.3, 0.4) is 0 Å². The van der Waals surface area contributed by atoms with Gasteiger partial charge in [-0.1, -0.05) is 48.0 Å². The molecule has 0 bridgehead atoms. The third-order valence-corrected chi connectivity index (χ3v) is 6.43. The van der Waals surface area contributed by atoms with Crippen molar-refractivity contribution in [2.45, 2.75) is 32.1 Å². The van der Waals surface area contributed by atoms with Crippen LogP contribution >= 0.6 is 0 Å². The number of benzene rings is 2. The Balaban J connectivity index is 1.35. The summed E-state index contributed by atoms with van der Waals surface area (Å²) in [7, 11) is 1.63. The second-order valence-corrected chi connectivity index (χ2v) is 8.76. The lowest BCUT2D eigenvalue weighted by molar-refractivity contribution is -0.131. The lowest BCUT2D eigenvalue weighted by Crippen LogP contribution is -2.39. The maximum Gasteiger partial charge on any atom is 0.252 e. The van der Waals surface area contributed by atoms with E-state index in [4.69, 9.17) is 14.8 Å². The van der Waals surface area contributed by atoms with Crippen molar-refractivity contribution in [2.75, 3.05) is 20.2 Å². The van der Waals surface area contributed by atoms with Crippen LogP contribution in [-0.4, -0.2) is 55.7 Å². The number of aromatic nitrogens is 5. The quantitative estimate of drug-likeness (QED) is 0.425. The lowest BCUT2D eigenvalue weighted by atomic mass is 9.95. The average Bonchev–Trinajstić information content (AvgIpc) is 3.35. The standard InChI is InChI=1S/C27H28N6O2/c1-19-8-10-20(11-9-19)25-30-26(33(31-25)27-28-14-5-15-29-27)21-12-16-32(17-13-21)24(34)18-22-6-3-4-7-23(22)35-2/h3-11,14-15,21H,12-13,16-18H2,1-2H3. The molecule has 0 aliphatic carbocycles. The van der Waals surface area contributed by atoms with Crippen LogP contribution in [0, 0.1) is 6.92 Å². The topological polar surface area (TPSA) is 86.0 Å². The molecule has 35 heavy (non-hydrogen) atoms. The van der Waals surface area contributed by atoms with Crippen molar-refractivity contribution in [1.29, 1.82) is 0 Å². The Bertz CT molecular complexity index is 1300. The van der Waals surface area contributed by atoms with E-state index in [-0.39, 0.29) is 11.8 Å². The van der Waals surface area contributed by atoms with E-state index in [9.17, 15) is 4.79 Å². The summed E-state index contributed by atoms with van der Waals surface area (Å²) >= 11 is 0. The molecule has 0 unspecified atom stereocenters. The first-order valence-corrected chi connectivity index (χ1v) is 11.8. The average molecular weight is 469 g/mol. The molecule has 8 nitrogen and oxygen atoms in total. The largest absolute Gasteiger partial charge is 0.496 e. The van der Waals surface area contributed by atoms with Gasteiger partial charge in [-0.3, -0.25) is 4.79 Å². The zero-order valence-electron chi connectivity index (χ0n) is 20.0. The van der Waals surface area contributed by atoms with Gasteiger partial charge in [-0.15, -0.1) is 5.10 Å². The monoisotopic (exact) mass is 468 g/mol. The highest BCUT2D eigenvalue weighted by atomic mass is 16.5. The number of methoxy groups -OCH3 is 1. The summed E-state index contributed by atoms with van der Waals surface area (Å²) < 4.78 is 7.16. The van der Waals surface area contributed by atoms with Crippen LogP contribution in [0.4, 0.5) is 0 Å². The highest BCUT2D eigenvalue weighted by Crippen LogP contribution is 2.30. The number of hydrogen-bond acceptors (Lipinski definition) is 6. The number of piperidine rings is 1. The van der Waals surface area contributed by atoms with E-state index in [0.717, 1.165) is 35.5 Å². The Morgan fingerprint density at radius 1 is 1.00 bits per heavy atom. The molecule has 2 aromatic heterocycles. The maximum absolute atomic E-state index is 13.0. The van der Waals surface area contributed by atoms with Crippen LogP contribution in [0.25, 0.3) is 17.3 Å². The molecule has 1 fully saturated rings. The third-order valence-electron chi connectivity index (χ3n) is 6.43. The van der Waals surface area contributed by atoms with Gasteiger partial charge in [0, 0.05) is 42.5 Å². The molecule has 0 saturated carbocycles. The van der Waals surface area contributed by atoms with Gasteiger partial charge in [-0.05, 0) is 31.9 Å². The molecule has 1 aliphatic rings. The van der Waals surface area contributed by atoms with Gasteiger partial charge in [0.25, 0.3) is 5.95 Å². The lowest BCUT2D eigenvalue weighted by Gasteiger charge is -2.31. The summed E-state index contributed by atoms with van der Waals surface area (Å²) in [6.45, 7) is 3.39. The number of para-hydroxylation sites is 1. The van der Waals surface area contributed by atoms with Crippen molar-refractivity contribution in [3.8, 4) is 23.1 Å². The number of likely N-dealkylation sites (tertiary alicyclic amines) is 1. The zero-order valence-corrected chi connectivity index (χ0v) is 20.0.